The van der Waals surface area contributed by atoms with E-state index in [4.69, 9.17) is 4.42 Å². The maximum absolute atomic E-state index is 12.2. The zero-order valence-corrected chi connectivity index (χ0v) is 14.1. The van der Waals surface area contributed by atoms with E-state index in [1.54, 1.807) is 42.5 Å². The third kappa shape index (κ3) is 3.59. The highest BCUT2D eigenvalue weighted by atomic mass is 16.4. The Labute approximate surface area is 150 Å². The van der Waals surface area contributed by atoms with Crippen molar-refractivity contribution in [3.63, 3.8) is 0 Å². The van der Waals surface area contributed by atoms with Crippen molar-refractivity contribution in [3.8, 4) is 11.5 Å². The second kappa shape index (κ2) is 7.57. The van der Waals surface area contributed by atoms with Crippen molar-refractivity contribution < 1.29 is 9.21 Å². The lowest BCUT2D eigenvalue weighted by Gasteiger charge is -2.04. The van der Waals surface area contributed by atoms with E-state index in [1.165, 1.54) is 6.08 Å². The average molecular weight is 343 g/mol. The number of Topliss-reactive ketones (excluding diaryl/α,β-unsaturated/α-hetero) is 1. The SMILES string of the molecule is C=C/C=C(\C=C)C(=O)Cc1ccc(-c2nc3ccccc3c(=O)o2)cc1. The van der Waals surface area contributed by atoms with Crippen molar-refractivity contribution in [2.75, 3.05) is 0 Å². The number of ketones is 1. The second-order valence-electron chi connectivity index (χ2n) is 5.68. The van der Waals surface area contributed by atoms with Crippen LogP contribution in [-0.2, 0) is 11.2 Å². The topological polar surface area (TPSA) is 60.2 Å². The molecule has 0 amide bonds. The molecule has 2 aromatic carbocycles. The van der Waals surface area contributed by atoms with Gasteiger partial charge < -0.3 is 4.42 Å². The highest BCUT2D eigenvalue weighted by Crippen LogP contribution is 2.19. The molecule has 3 aromatic rings. The van der Waals surface area contributed by atoms with Crippen molar-refractivity contribution in [2.45, 2.75) is 6.42 Å². The summed E-state index contributed by atoms with van der Waals surface area (Å²) in [5, 5.41) is 0.449. The van der Waals surface area contributed by atoms with Crippen LogP contribution in [0.25, 0.3) is 22.4 Å². The molecule has 128 valence electrons. The molecule has 3 rings (SSSR count). The minimum Gasteiger partial charge on any atom is -0.403 e. The summed E-state index contributed by atoms with van der Waals surface area (Å²) >= 11 is 0. The average Bonchev–Trinajstić information content (AvgIpc) is 2.66. The second-order valence-corrected chi connectivity index (χ2v) is 5.68. The van der Waals surface area contributed by atoms with Crippen molar-refractivity contribution in [2.24, 2.45) is 0 Å². The summed E-state index contributed by atoms with van der Waals surface area (Å²) in [6, 6.07) is 14.2. The van der Waals surface area contributed by atoms with Crippen molar-refractivity contribution >= 4 is 16.7 Å². The number of aromatic nitrogens is 1. The molecule has 0 aliphatic heterocycles. The third-order valence-electron chi connectivity index (χ3n) is 3.94. The lowest BCUT2D eigenvalue weighted by atomic mass is 10.0. The summed E-state index contributed by atoms with van der Waals surface area (Å²) < 4.78 is 5.32. The number of rotatable bonds is 6. The van der Waals surface area contributed by atoms with Crippen LogP contribution in [0.2, 0.25) is 0 Å². The number of nitrogens with zero attached hydrogens (tertiary/aromatic N) is 1. The van der Waals surface area contributed by atoms with Crippen molar-refractivity contribution in [1.29, 1.82) is 0 Å². The Morgan fingerprint density at radius 1 is 1.08 bits per heavy atom. The first-order chi connectivity index (χ1) is 12.6. The van der Waals surface area contributed by atoms with Gasteiger partial charge in [0, 0.05) is 17.6 Å². The van der Waals surface area contributed by atoms with Crippen molar-refractivity contribution in [3.05, 3.63) is 101 Å². The van der Waals surface area contributed by atoms with Gasteiger partial charge in [-0.3, -0.25) is 4.79 Å². The molecule has 1 aromatic heterocycles. The van der Waals surface area contributed by atoms with Gasteiger partial charge in [-0.15, -0.1) is 0 Å². The van der Waals surface area contributed by atoms with Gasteiger partial charge >= 0.3 is 5.63 Å². The van der Waals surface area contributed by atoms with E-state index in [-0.39, 0.29) is 18.1 Å². The monoisotopic (exact) mass is 343 g/mol. The molecule has 0 aliphatic carbocycles. The van der Waals surface area contributed by atoms with E-state index >= 15 is 0 Å². The molecular weight excluding hydrogens is 326 g/mol. The maximum Gasteiger partial charge on any atom is 0.347 e. The van der Waals surface area contributed by atoms with E-state index in [1.807, 2.05) is 18.2 Å². The fourth-order valence-corrected chi connectivity index (χ4v) is 2.60. The number of hydrogen-bond donors (Lipinski definition) is 0. The molecule has 0 aliphatic rings. The number of carbonyl (C=O) groups is 1. The smallest absolute Gasteiger partial charge is 0.347 e. The Kier molecular flexibility index (Phi) is 5.04. The van der Waals surface area contributed by atoms with Gasteiger partial charge in [0.05, 0.1) is 10.9 Å². The first-order valence-electron chi connectivity index (χ1n) is 8.10. The van der Waals surface area contributed by atoms with Crippen LogP contribution in [0.5, 0.6) is 0 Å². The molecule has 4 nitrogen and oxygen atoms in total. The minimum atomic E-state index is -0.421. The van der Waals surface area contributed by atoms with Gasteiger partial charge in [0.1, 0.15) is 0 Å². The molecule has 0 N–H and O–H groups in total. The van der Waals surface area contributed by atoms with Crippen LogP contribution in [-0.4, -0.2) is 10.8 Å². The van der Waals surface area contributed by atoms with Gasteiger partial charge in [-0.25, -0.2) is 9.78 Å². The Balaban J connectivity index is 1.87. The number of hydrogen-bond acceptors (Lipinski definition) is 4. The van der Waals surface area contributed by atoms with E-state index in [9.17, 15) is 9.59 Å². The lowest BCUT2D eigenvalue weighted by Crippen LogP contribution is -2.05. The van der Waals surface area contributed by atoms with E-state index < -0.39 is 5.63 Å². The standard InChI is InChI=1S/C22H17NO3/c1-3-7-16(4-2)20(24)14-15-10-12-17(13-11-15)21-23-19-9-6-5-8-18(19)22(25)26-21/h3-13H,1-2,14H2/b16-7+. The third-order valence-corrected chi connectivity index (χ3v) is 3.94. The first kappa shape index (κ1) is 17.3. The molecule has 0 saturated heterocycles. The number of para-hydroxylation sites is 1. The number of benzene rings is 2. The predicted octanol–water partition coefficient (Wildman–Crippen LogP) is 4.27. The zero-order chi connectivity index (χ0) is 18.5. The summed E-state index contributed by atoms with van der Waals surface area (Å²) in [6.45, 7) is 7.23. The van der Waals surface area contributed by atoms with Crippen molar-refractivity contribution in [1.82, 2.24) is 4.98 Å². The highest BCUT2D eigenvalue weighted by molar-refractivity contribution is 5.99. The van der Waals surface area contributed by atoms with Gasteiger partial charge in [0.25, 0.3) is 0 Å². The molecule has 0 bridgehead atoms. The fraction of sp³-hybridized carbons (Fsp3) is 0.0455. The Morgan fingerprint density at radius 2 is 1.81 bits per heavy atom. The molecule has 0 saturated carbocycles. The normalized spacial score (nSPS) is 11.3. The number of allylic oxidation sites excluding steroid dienone is 4. The van der Waals surface area contributed by atoms with Gasteiger partial charge in [0.2, 0.25) is 5.89 Å². The zero-order valence-electron chi connectivity index (χ0n) is 14.1. The Morgan fingerprint density at radius 3 is 2.50 bits per heavy atom. The fourth-order valence-electron chi connectivity index (χ4n) is 2.60. The van der Waals surface area contributed by atoms with Crippen LogP contribution in [0.3, 0.4) is 0 Å². The molecule has 4 heteroatoms. The van der Waals surface area contributed by atoms with Crippen LogP contribution in [0.4, 0.5) is 0 Å². The Bertz CT molecular complexity index is 1070. The van der Waals surface area contributed by atoms with Gasteiger partial charge in [-0.2, -0.15) is 0 Å². The number of carbonyl (C=O) groups excluding carboxylic acids is 1. The lowest BCUT2D eigenvalue weighted by molar-refractivity contribution is -0.114. The van der Waals surface area contributed by atoms with Gasteiger partial charge in [-0.05, 0) is 29.8 Å². The van der Waals surface area contributed by atoms with Crippen LogP contribution in [0.1, 0.15) is 5.56 Å². The van der Waals surface area contributed by atoms with Crippen LogP contribution in [0, 0.1) is 0 Å². The molecule has 1 heterocycles. The molecule has 0 radical (unpaired) electrons. The van der Waals surface area contributed by atoms with E-state index in [0.717, 1.165) is 5.56 Å². The molecular formula is C22H17NO3. The quantitative estimate of drug-likeness (QED) is 0.495. The summed E-state index contributed by atoms with van der Waals surface area (Å²) in [6.07, 6.45) is 4.97. The summed E-state index contributed by atoms with van der Waals surface area (Å²) in [7, 11) is 0. The highest BCUT2D eigenvalue weighted by Gasteiger charge is 2.10. The summed E-state index contributed by atoms with van der Waals surface area (Å²) in [5.74, 6) is 0.216. The summed E-state index contributed by atoms with van der Waals surface area (Å²) in [4.78, 5) is 28.7. The molecule has 0 spiro atoms. The van der Waals surface area contributed by atoms with Crippen LogP contribution >= 0.6 is 0 Å². The predicted molar refractivity (Wildman–Crippen MR) is 103 cm³/mol. The largest absolute Gasteiger partial charge is 0.403 e. The van der Waals surface area contributed by atoms with E-state index in [0.29, 0.717) is 22.0 Å². The molecule has 0 fully saturated rings. The number of fused-ring (bicyclic) bond motifs is 1. The van der Waals surface area contributed by atoms with Gasteiger partial charge in [0.15, 0.2) is 5.78 Å². The summed E-state index contributed by atoms with van der Waals surface area (Å²) in [5.41, 5.74) is 2.21. The first-order valence-corrected chi connectivity index (χ1v) is 8.10. The van der Waals surface area contributed by atoms with Gasteiger partial charge in [-0.1, -0.05) is 55.7 Å². The maximum atomic E-state index is 12.2. The Hall–Kier alpha value is -3.53. The van der Waals surface area contributed by atoms with E-state index in [2.05, 4.69) is 18.1 Å². The molecule has 0 unspecified atom stereocenters. The molecule has 26 heavy (non-hydrogen) atoms. The molecule has 0 atom stereocenters. The van der Waals surface area contributed by atoms with Crippen LogP contribution in [0.15, 0.2) is 94.7 Å². The van der Waals surface area contributed by atoms with Crippen LogP contribution < -0.4 is 5.63 Å². The minimum absolute atomic E-state index is 0.0389.